The molecule has 0 bridgehead atoms. The first-order valence-electron chi connectivity index (χ1n) is 8.81. The second kappa shape index (κ2) is 7.92. The number of halogens is 1. The Labute approximate surface area is 160 Å². The van der Waals surface area contributed by atoms with Crippen LogP contribution >= 0.6 is 15.9 Å². The quantitative estimate of drug-likeness (QED) is 0.622. The van der Waals surface area contributed by atoms with Gasteiger partial charge < -0.3 is 10.5 Å². The smallest absolute Gasteiger partial charge is 0.134 e. The molecule has 2 aromatic carbocycles. The zero-order valence-corrected chi connectivity index (χ0v) is 17.6. The van der Waals surface area contributed by atoms with Crippen molar-refractivity contribution in [2.75, 3.05) is 0 Å². The fourth-order valence-electron chi connectivity index (χ4n) is 3.40. The summed E-state index contributed by atoms with van der Waals surface area (Å²) in [6.07, 6.45) is 1.13. The van der Waals surface area contributed by atoms with Crippen molar-refractivity contribution in [3.8, 4) is 5.75 Å². The van der Waals surface area contributed by atoms with E-state index < -0.39 is 0 Å². The lowest BCUT2D eigenvalue weighted by Crippen LogP contribution is -2.24. The van der Waals surface area contributed by atoms with Crippen LogP contribution in [0, 0.1) is 5.41 Å². The molecular formula is C22H30BrNO. The Morgan fingerprint density at radius 1 is 0.920 bits per heavy atom. The van der Waals surface area contributed by atoms with E-state index in [-0.39, 0.29) is 5.41 Å². The second-order valence-corrected chi connectivity index (χ2v) is 9.43. The third-order valence-electron chi connectivity index (χ3n) is 4.34. The molecule has 0 spiro atoms. The number of hydrogen-bond donors (Lipinski definition) is 1. The fraction of sp³-hybridized carbons (Fsp3) is 0.455. The highest BCUT2D eigenvalue weighted by atomic mass is 79.9. The van der Waals surface area contributed by atoms with Gasteiger partial charge in [0.05, 0.1) is 4.47 Å². The minimum atomic E-state index is 0.122. The van der Waals surface area contributed by atoms with Crippen LogP contribution in [0.2, 0.25) is 0 Å². The molecule has 0 atom stereocenters. The van der Waals surface area contributed by atoms with Crippen molar-refractivity contribution in [3.63, 3.8) is 0 Å². The maximum Gasteiger partial charge on any atom is 0.134 e. The van der Waals surface area contributed by atoms with Crippen molar-refractivity contribution in [2.45, 2.75) is 59.6 Å². The maximum absolute atomic E-state index is 5.99. The van der Waals surface area contributed by atoms with Gasteiger partial charge >= 0.3 is 0 Å². The molecular weight excluding hydrogens is 374 g/mol. The van der Waals surface area contributed by atoms with Crippen molar-refractivity contribution in [1.82, 2.24) is 0 Å². The monoisotopic (exact) mass is 403 g/mol. The molecule has 2 aromatic rings. The molecule has 2 N–H and O–H groups in total. The van der Waals surface area contributed by atoms with Crippen molar-refractivity contribution in [1.29, 1.82) is 0 Å². The van der Waals surface area contributed by atoms with Gasteiger partial charge in [-0.15, -0.1) is 0 Å². The lowest BCUT2D eigenvalue weighted by atomic mass is 9.72. The van der Waals surface area contributed by atoms with E-state index in [1.807, 2.05) is 12.1 Å². The highest BCUT2D eigenvalue weighted by Crippen LogP contribution is 2.39. The SMILES string of the molecule is CC(C)(C)CC(C)(C)c1ccc(OCc2ccc(CN)cc2)c(Br)c1. The van der Waals surface area contributed by atoms with Gasteiger partial charge in [0, 0.05) is 6.54 Å². The second-order valence-electron chi connectivity index (χ2n) is 8.58. The third-order valence-corrected chi connectivity index (χ3v) is 4.96. The summed E-state index contributed by atoms with van der Waals surface area (Å²) in [5.74, 6) is 0.873. The minimum Gasteiger partial charge on any atom is -0.488 e. The lowest BCUT2D eigenvalue weighted by molar-refractivity contribution is 0.283. The summed E-state index contributed by atoms with van der Waals surface area (Å²) in [4.78, 5) is 0. The van der Waals surface area contributed by atoms with Crippen molar-refractivity contribution < 1.29 is 4.74 Å². The molecule has 0 radical (unpaired) electrons. The van der Waals surface area contributed by atoms with Gasteiger partial charge in [0.25, 0.3) is 0 Å². The summed E-state index contributed by atoms with van der Waals surface area (Å²) in [6, 6.07) is 14.7. The Morgan fingerprint density at radius 3 is 2.04 bits per heavy atom. The summed E-state index contributed by atoms with van der Waals surface area (Å²) >= 11 is 3.67. The normalized spacial score (nSPS) is 12.3. The Kier molecular flexibility index (Phi) is 6.34. The van der Waals surface area contributed by atoms with Crippen LogP contribution in [0.3, 0.4) is 0 Å². The molecule has 0 saturated heterocycles. The van der Waals surface area contributed by atoms with Gasteiger partial charge in [-0.2, -0.15) is 0 Å². The summed E-state index contributed by atoms with van der Waals surface area (Å²) in [5.41, 5.74) is 9.65. The summed E-state index contributed by atoms with van der Waals surface area (Å²) in [6.45, 7) is 12.6. The fourth-order valence-corrected chi connectivity index (χ4v) is 3.89. The van der Waals surface area contributed by atoms with Crippen LogP contribution in [0.15, 0.2) is 46.9 Å². The zero-order chi connectivity index (χ0) is 18.7. The predicted molar refractivity (Wildman–Crippen MR) is 110 cm³/mol. The van der Waals surface area contributed by atoms with Gasteiger partial charge in [0.1, 0.15) is 12.4 Å². The Hall–Kier alpha value is -1.32. The van der Waals surface area contributed by atoms with Gasteiger partial charge in [0.15, 0.2) is 0 Å². The van der Waals surface area contributed by atoms with Crippen LogP contribution in [0.25, 0.3) is 0 Å². The molecule has 0 heterocycles. The molecule has 2 rings (SSSR count). The Balaban J connectivity index is 2.08. The average Bonchev–Trinajstić information content (AvgIpc) is 2.52. The molecule has 0 aliphatic heterocycles. The van der Waals surface area contributed by atoms with E-state index in [9.17, 15) is 0 Å². The first kappa shape index (κ1) is 20.0. The first-order valence-corrected chi connectivity index (χ1v) is 9.61. The van der Waals surface area contributed by atoms with E-state index in [4.69, 9.17) is 10.5 Å². The van der Waals surface area contributed by atoms with Gasteiger partial charge in [0.2, 0.25) is 0 Å². The minimum absolute atomic E-state index is 0.122. The van der Waals surface area contributed by atoms with E-state index in [1.165, 1.54) is 5.56 Å². The predicted octanol–water partition coefficient (Wildman–Crippen LogP) is 6.20. The summed E-state index contributed by atoms with van der Waals surface area (Å²) in [5, 5.41) is 0. The van der Waals surface area contributed by atoms with Crippen LogP contribution in [0.5, 0.6) is 5.75 Å². The van der Waals surface area contributed by atoms with Gasteiger partial charge in [-0.25, -0.2) is 0 Å². The number of nitrogens with two attached hydrogens (primary N) is 1. The van der Waals surface area contributed by atoms with Crippen LogP contribution in [0.1, 0.15) is 57.7 Å². The van der Waals surface area contributed by atoms with Gasteiger partial charge in [-0.05, 0) is 62.0 Å². The van der Waals surface area contributed by atoms with Crippen LogP contribution < -0.4 is 10.5 Å². The first-order chi connectivity index (χ1) is 11.6. The van der Waals surface area contributed by atoms with E-state index in [1.54, 1.807) is 0 Å². The van der Waals surface area contributed by atoms with Crippen molar-refractivity contribution in [2.24, 2.45) is 11.1 Å². The number of rotatable bonds is 6. The Morgan fingerprint density at radius 2 is 1.52 bits per heavy atom. The van der Waals surface area contributed by atoms with Crippen molar-refractivity contribution in [3.05, 3.63) is 63.6 Å². The molecule has 0 aliphatic carbocycles. The maximum atomic E-state index is 5.99. The van der Waals surface area contributed by atoms with E-state index >= 15 is 0 Å². The largest absolute Gasteiger partial charge is 0.488 e. The van der Waals surface area contributed by atoms with Crippen molar-refractivity contribution >= 4 is 15.9 Å². The van der Waals surface area contributed by atoms with Crippen LogP contribution in [-0.2, 0) is 18.6 Å². The highest BCUT2D eigenvalue weighted by Gasteiger charge is 2.27. The molecule has 0 aromatic heterocycles. The molecule has 2 nitrogen and oxygen atoms in total. The molecule has 0 aliphatic rings. The molecule has 3 heteroatoms. The number of hydrogen-bond acceptors (Lipinski definition) is 2. The summed E-state index contributed by atoms with van der Waals surface area (Å²) < 4.78 is 6.99. The molecule has 136 valence electrons. The zero-order valence-electron chi connectivity index (χ0n) is 16.0. The Bertz CT molecular complexity index is 699. The van der Waals surface area contributed by atoms with E-state index in [0.717, 1.165) is 27.8 Å². The molecule has 0 saturated carbocycles. The van der Waals surface area contributed by atoms with Gasteiger partial charge in [-0.1, -0.05) is 65.0 Å². The van der Waals surface area contributed by atoms with Crippen LogP contribution in [-0.4, -0.2) is 0 Å². The standard InChI is InChI=1S/C22H30BrNO/c1-21(2,3)15-22(4,5)18-10-11-20(19(23)12-18)25-14-17-8-6-16(13-24)7-9-17/h6-12H,13-15,24H2,1-5H3. The summed E-state index contributed by atoms with van der Waals surface area (Å²) in [7, 11) is 0. The van der Waals surface area contributed by atoms with E-state index in [0.29, 0.717) is 18.6 Å². The topological polar surface area (TPSA) is 35.2 Å². The number of ether oxygens (including phenoxy) is 1. The molecule has 0 fully saturated rings. The number of benzene rings is 2. The molecule has 25 heavy (non-hydrogen) atoms. The van der Waals surface area contributed by atoms with Gasteiger partial charge in [-0.3, -0.25) is 0 Å². The average molecular weight is 404 g/mol. The van der Waals surface area contributed by atoms with E-state index in [2.05, 4.69) is 80.9 Å². The lowest BCUT2D eigenvalue weighted by Gasteiger charge is -2.33. The van der Waals surface area contributed by atoms with Crippen LogP contribution in [0.4, 0.5) is 0 Å². The molecule has 0 amide bonds. The molecule has 0 unspecified atom stereocenters. The third kappa shape index (κ3) is 5.86. The highest BCUT2D eigenvalue weighted by molar-refractivity contribution is 9.10.